The molecule has 2 fully saturated rings. The lowest BCUT2D eigenvalue weighted by molar-refractivity contribution is -0.140. The molecular weight excluding hydrogens is 685 g/mol. The third kappa shape index (κ3) is 12.7. The molecule has 0 spiro atoms. The number of carbonyl (C=O) groups excluding carboxylic acids is 2. The van der Waals surface area contributed by atoms with Gasteiger partial charge in [-0.2, -0.15) is 0 Å². The lowest BCUT2D eigenvalue weighted by Gasteiger charge is -2.38. The lowest BCUT2D eigenvalue weighted by Crippen LogP contribution is -2.25. The van der Waals surface area contributed by atoms with Crippen LogP contribution < -0.4 is 4.74 Å². The second-order valence-electron chi connectivity index (χ2n) is 16.0. The largest absolute Gasteiger partial charge is 0.494 e. The normalized spacial score (nSPS) is 19.7. The highest BCUT2D eigenvalue weighted by atomic mass is 16.5. The first-order chi connectivity index (χ1) is 26.7. The zero-order valence-electron chi connectivity index (χ0n) is 33.5. The SMILES string of the molecule is C=C(C)C(=O)OCCCc1ccc(-c2ccc(-c3ccc(OCCCCOC(=O)C(=C)CO)cc3)cc2C2CCC(C3CCC(CCCC)CC3)CC2)cc1. The van der Waals surface area contributed by atoms with Gasteiger partial charge in [0.25, 0.3) is 0 Å². The predicted molar refractivity (Wildman–Crippen MR) is 223 cm³/mol. The van der Waals surface area contributed by atoms with Crippen LogP contribution in [0.4, 0.5) is 0 Å². The molecule has 0 aromatic heterocycles. The van der Waals surface area contributed by atoms with Crippen molar-refractivity contribution in [2.75, 3.05) is 26.4 Å². The molecule has 0 heterocycles. The highest BCUT2D eigenvalue weighted by Gasteiger charge is 2.32. The quantitative estimate of drug-likeness (QED) is 0.0704. The van der Waals surface area contributed by atoms with E-state index < -0.39 is 12.6 Å². The van der Waals surface area contributed by atoms with Crippen LogP contribution in [0.3, 0.4) is 0 Å². The molecular formula is C49H64O6. The minimum atomic E-state index is -0.552. The van der Waals surface area contributed by atoms with Crippen molar-refractivity contribution in [3.8, 4) is 28.0 Å². The van der Waals surface area contributed by atoms with Crippen molar-refractivity contribution in [3.05, 3.63) is 102 Å². The van der Waals surface area contributed by atoms with Gasteiger partial charge in [0.1, 0.15) is 5.75 Å². The first-order valence-corrected chi connectivity index (χ1v) is 21.0. The molecule has 296 valence electrons. The van der Waals surface area contributed by atoms with Crippen molar-refractivity contribution in [1.82, 2.24) is 0 Å². The van der Waals surface area contributed by atoms with E-state index in [0.29, 0.717) is 31.1 Å². The molecule has 0 amide bonds. The van der Waals surface area contributed by atoms with E-state index in [1.165, 1.54) is 104 Å². The third-order valence-electron chi connectivity index (χ3n) is 12.0. The van der Waals surface area contributed by atoms with E-state index in [9.17, 15) is 9.59 Å². The smallest absolute Gasteiger partial charge is 0.335 e. The summed E-state index contributed by atoms with van der Waals surface area (Å²) in [6, 6.07) is 24.4. The van der Waals surface area contributed by atoms with E-state index in [1.54, 1.807) is 6.92 Å². The summed E-state index contributed by atoms with van der Waals surface area (Å²) in [5.74, 6) is 3.23. The van der Waals surface area contributed by atoms with Crippen LogP contribution in [0.25, 0.3) is 22.3 Å². The number of aliphatic hydroxyl groups is 1. The standard InChI is InChI=1S/C49H64O6/c1-5-6-10-37-12-16-39(17-13-37)40-20-22-43(23-21-40)47-33-44(41-24-27-45(28-25-41)53-30-7-8-31-55-49(52)36(4)34-50)26-29-46(47)42-18-14-38(15-19-42)11-9-32-54-48(51)35(2)3/h14-15,18-19,24-29,33,37,39-40,43,50H,2,4-13,16-17,20-23,30-32,34H2,1,3H3. The third-order valence-corrected chi connectivity index (χ3v) is 12.0. The van der Waals surface area contributed by atoms with Crippen LogP contribution >= 0.6 is 0 Å². The molecule has 2 aliphatic rings. The number of ether oxygens (including phenoxy) is 3. The van der Waals surface area contributed by atoms with Gasteiger partial charge in [-0.3, -0.25) is 0 Å². The lowest BCUT2D eigenvalue weighted by atomic mass is 9.67. The van der Waals surface area contributed by atoms with Gasteiger partial charge in [-0.15, -0.1) is 0 Å². The summed E-state index contributed by atoms with van der Waals surface area (Å²) in [6.45, 7) is 12.0. The van der Waals surface area contributed by atoms with Crippen LogP contribution in [0.15, 0.2) is 91.0 Å². The molecule has 0 unspecified atom stereocenters. The van der Waals surface area contributed by atoms with E-state index in [-0.39, 0.29) is 18.1 Å². The number of aliphatic hydroxyl groups excluding tert-OH is 1. The molecule has 0 bridgehead atoms. The summed E-state index contributed by atoms with van der Waals surface area (Å²) >= 11 is 0. The molecule has 0 saturated heterocycles. The summed E-state index contributed by atoms with van der Waals surface area (Å²) in [4.78, 5) is 23.4. The second kappa shape index (κ2) is 21.8. The molecule has 0 atom stereocenters. The van der Waals surface area contributed by atoms with Crippen LogP contribution in [0, 0.1) is 17.8 Å². The number of hydrogen-bond acceptors (Lipinski definition) is 6. The van der Waals surface area contributed by atoms with Gasteiger partial charge in [-0.05, 0) is 140 Å². The summed E-state index contributed by atoms with van der Waals surface area (Å²) in [5.41, 5.74) is 8.19. The van der Waals surface area contributed by atoms with Crippen LogP contribution in [-0.4, -0.2) is 43.5 Å². The zero-order valence-corrected chi connectivity index (χ0v) is 33.5. The predicted octanol–water partition coefficient (Wildman–Crippen LogP) is 11.6. The fourth-order valence-corrected chi connectivity index (χ4v) is 8.57. The molecule has 2 aliphatic carbocycles. The van der Waals surface area contributed by atoms with Crippen LogP contribution in [0.1, 0.15) is 121 Å². The van der Waals surface area contributed by atoms with Crippen molar-refractivity contribution in [3.63, 3.8) is 0 Å². The molecule has 3 aromatic carbocycles. The highest BCUT2D eigenvalue weighted by Crippen LogP contribution is 2.47. The Kier molecular flexibility index (Phi) is 16.6. The number of hydrogen-bond donors (Lipinski definition) is 1. The van der Waals surface area contributed by atoms with Gasteiger partial charge >= 0.3 is 11.9 Å². The first kappa shape index (κ1) is 42.0. The van der Waals surface area contributed by atoms with Crippen LogP contribution in [0.2, 0.25) is 0 Å². The number of aryl methyl sites for hydroxylation is 1. The minimum absolute atomic E-state index is 0.0681. The Morgan fingerprint density at radius 2 is 1.29 bits per heavy atom. The number of unbranched alkanes of at least 4 members (excludes halogenated alkanes) is 2. The van der Waals surface area contributed by atoms with E-state index >= 15 is 0 Å². The first-order valence-electron chi connectivity index (χ1n) is 21.0. The highest BCUT2D eigenvalue weighted by molar-refractivity contribution is 5.88. The Bertz CT molecular complexity index is 1670. The van der Waals surface area contributed by atoms with E-state index in [2.05, 4.69) is 74.7 Å². The fraction of sp³-hybridized carbons (Fsp3) is 0.510. The number of benzene rings is 3. The molecule has 3 aromatic rings. The van der Waals surface area contributed by atoms with Crippen molar-refractivity contribution in [2.45, 2.75) is 116 Å². The minimum Gasteiger partial charge on any atom is -0.494 e. The van der Waals surface area contributed by atoms with Gasteiger partial charge in [0, 0.05) is 5.57 Å². The Hall–Kier alpha value is -4.16. The summed E-state index contributed by atoms with van der Waals surface area (Å²) in [5, 5.41) is 9.00. The van der Waals surface area contributed by atoms with Gasteiger partial charge < -0.3 is 19.3 Å². The van der Waals surface area contributed by atoms with Gasteiger partial charge in [-0.1, -0.05) is 107 Å². The Morgan fingerprint density at radius 3 is 1.95 bits per heavy atom. The molecule has 5 rings (SSSR count). The van der Waals surface area contributed by atoms with Gasteiger partial charge in [0.05, 0.1) is 32.0 Å². The molecule has 0 radical (unpaired) electrons. The van der Waals surface area contributed by atoms with Crippen molar-refractivity contribution < 1.29 is 28.9 Å². The number of esters is 2. The van der Waals surface area contributed by atoms with Gasteiger partial charge in [0.15, 0.2) is 0 Å². The van der Waals surface area contributed by atoms with E-state index in [1.807, 2.05) is 12.1 Å². The monoisotopic (exact) mass is 748 g/mol. The summed E-state index contributed by atoms with van der Waals surface area (Å²) in [6.07, 6.45) is 18.1. The number of carbonyl (C=O) groups is 2. The molecule has 1 N–H and O–H groups in total. The molecule has 2 saturated carbocycles. The molecule has 55 heavy (non-hydrogen) atoms. The average Bonchev–Trinajstić information content (AvgIpc) is 3.22. The zero-order chi connectivity index (χ0) is 39.0. The van der Waals surface area contributed by atoms with Crippen molar-refractivity contribution in [1.29, 1.82) is 0 Å². The Morgan fingerprint density at radius 1 is 0.691 bits per heavy atom. The molecule has 6 heteroatoms. The number of rotatable bonds is 20. The van der Waals surface area contributed by atoms with Crippen molar-refractivity contribution in [2.24, 2.45) is 17.8 Å². The topological polar surface area (TPSA) is 82.1 Å². The van der Waals surface area contributed by atoms with E-state index in [4.69, 9.17) is 19.3 Å². The Balaban J connectivity index is 1.23. The summed E-state index contributed by atoms with van der Waals surface area (Å²) in [7, 11) is 0. The van der Waals surface area contributed by atoms with Gasteiger partial charge in [0.2, 0.25) is 0 Å². The summed E-state index contributed by atoms with van der Waals surface area (Å²) < 4.78 is 16.4. The maximum Gasteiger partial charge on any atom is 0.335 e. The van der Waals surface area contributed by atoms with Gasteiger partial charge in [-0.25, -0.2) is 9.59 Å². The molecule has 6 nitrogen and oxygen atoms in total. The fourth-order valence-electron chi connectivity index (χ4n) is 8.57. The maximum absolute atomic E-state index is 11.7. The van der Waals surface area contributed by atoms with Crippen LogP contribution in [-0.2, 0) is 25.5 Å². The maximum atomic E-state index is 11.7. The Labute approximate surface area is 330 Å². The average molecular weight is 749 g/mol. The van der Waals surface area contributed by atoms with Crippen molar-refractivity contribution >= 4 is 11.9 Å². The van der Waals surface area contributed by atoms with E-state index in [0.717, 1.165) is 42.8 Å². The van der Waals surface area contributed by atoms with Crippen LogP contribution in [0.5, 0.6) is 5.75 Å². The molecule has 0 aliphatic heterocycles. The second-order valence-corrected chi connectivity index (χ2v) is 16.0.